The van der Waals surface area contributed by atoms with Crippen LogP contribution in [0, 0.1) is 0 Å². The predicted molar refractivity (Wildman–Crippen MR) is 75.4 cm³/mol. The zero-order valence-electron chi connectivity index (χ0n) is 11.6. The molecule has 0 bridgehead atoms. The fourth-order valence-electron chi connectivity index (χ4n) is 1.89. The van der Waals surface area contributed by atoms with Gasteiger partial charge in [-0.05, 0) is 26.7 Å². The average Bonchev–Trinajstić information content (AvgIpc) is 2.26. The third kappa shape index (κ3) is 4.48. The van der Waals surface area contributed by atoms with Crippen molar-refractivity contribution < 1.29 is 8.42 Å². The SMILES string of the molecule is CC(C)(CN=C(N)NC1CCCCC1)S(C)(=O)=O. The van der Waals surface area contributed by atoms with Gasteiger partial charge in [-0.3, -0.25) is 4.99 Å². The highest BCUT2D eigenvalue weighted by Crippen LogP contribution is 2.17. The minimum absolute atomic E-state index is 0.192. The first-order chi connectivity index (χ1) is 8.22. The molecule has 1 fully saturated rings. The molecule has 1 rings (SSSR count). The van der Waals surface area contributed by atoms with E-state index in [0.717, 1.165) is 12.8 Å². The van der Waals surface area contributed by atoms with Gasteiger partial charge < -0.3 is 11.1 Å². The highest BCUT2D eigenvalue weighted by atomic mass is 32.2. The number of guanidine groups is 1. The van der Waals surface area contributed by atoms with Gasteiger partial charge in [0.2, 0.25) is 0 Å². The van der Waals surface area contributed by atoms with Crippen molar-refractivity contribution in [2.75, 3.05) is 12.8 Å². The lowest BCUT2D eigenvalue weighted by atomic mass is 9.96. The molecule has 0 unspecified atom stereocenters. The molecular weight excluding hydrogens is 250 g/mol. The molecule has 0 aromatic carbocycles. The Bertz CT molecular complexity index is 396. The number of aliphatic imine (C=N–C) groups is 1. The third-order valence-electron chi connectivity index (χ3n) is 3.59. The standard InChI is InChI=1S/C12H25N3O2S/c1-12(2,18(3,16)17)9-14-11(13)15-10-7-5-4-6-8-10/h10H,4-9H2,1-3H3,(H3,13,14,15). The van der Waals surface area contributed by atoms with Crippen LogP contribution in [0.1, 0.15) is 46.0 Å². The fourth-order valence-corrected chi connectivity index (χ4v) is 2.19. The molecule has 0 aromatic heterocycles. The summed E-state index contributed by atoms with van der Waals surface area (Å²) in [5.41, 5.74) is 5.80. The summed E-state index contributed by atoms with van der Waals surface area (Å²) >= 11 is 0. The van der Waals surface area contributed by atoms with E-state index in [1.54, 1.807) is 13.8 Å². The van der Waals surface area contributed by atoms with Crippen LogP contribution in [0.5, 0.6) is 0 Å². The zero-order valence-corrected chi connectivity index (χ0v) is 12.4. The van der Waals surface area contributed by atoms with Crippen LogP contribution in [0.3, 0.4) is 0 Å². The molecule has 18 heavy (non-hydrogen) atoms. The van der Waals surface area contributed by atoms with Gasteiger partial charge in [0, 0.05) is 12.3 Å². The van der Waals surface area contributed by atoms with Crippen molar-refractivity contribution in [1.82, 2.24) is 5.32 Å². The first-order valence-corrected chi connectivity index (χ1v) is 8.37. The van der Waals surface area contributed by atoms with Gasteiger partial charge in [-0.1, -0.05) is 19.3 Å². The summed E-state index contributed by atoms with van der Waals surface area (Å²) in [6, 6.07) is 0.392. The van der Waals surface area contributed by atoms with Gasteiger partial charge in [-0.2, -0.15) is 0 Å². The number of hydrogen-bond acceptors (Lipinski definition) is 3. The Labute approximate surface area is 110 Å². The third-order valence-corrected chi connectivity index (χ3v) is 5.73. The molecule has 1 aliphatic rings. The van der Waals surface area contributed by atoms with E-state index in [1.807, 2.05) is 0 Å². The van der Waals surface area contributed by atoms with Crippen LogP contribution in [0.15, 0.2) is 4.99 Å². The summed E-state index contributed by atoms with van der Waals surface area (Å²) in [4.78, 5) is 4.16. The second-order valence-corrected chi connectivity index (χ2v) is 8.36. The van der Waals surface area contributed by atoms with E-state index >= 15 is 0 Å². The van der Waals surface area contributed by atoms with Crippen molar-refractivity contribution in [2.24, 2.45) is 10.7 Å². The van der Waals surface area contributed by atoms with E-state index in [4.69, 9.17) is 5.73 Å². The van der Waals surface area contributed by atoms with Crippen LogP contribution >= 0.6 is 0 Å². The number of nitrogens with one attached hydrogen (secondary N) is 1. The number of nitrogens with zero attached hydrogens (tertiary/aromatic N) is 1. The highest BCUT2D eigenvalue weighted by molar-refractivity contribution is 7.92. The van der Waals surface area contributed by atoms with Crippen molar-refractivity contribution in [1.29, 1.82) is 0 Å². The largest absolute Gasteiger partial charge is 0.370 e. The van der Waals surface area contributed by atoms with E-state index < -0.39 is 14.6 Å². The van der Waals surface area contributed by atoms with Crippen LogP contribution in [0.2, 0.25) is 0 Å². The molecular formula is C12H25N3O2S. The number of rotatable bonds is 4. The lowest BCUT2D eigenvalue weighted by molar-refractivity contribution is 0.412. The average molecular weight is 275 g/mol. The summed E-state index contributed by atoms with van der Waals surface area (Å²) in [6.45, 7) is 3.52. The van der Waals surface area contributed by atoms with Crippen molar-refractivity contribution in [3.8, 4) is 0 Å². The van der Waals surface area contributed by atoms with Crippen molar-refractivity contribution in [3.63, 3.8) is 0 Å². The molecule has 1 aliphatic carbocycles. The quantitative estimate of drug-likeness (QED) is 0.593. The number of sulfone groups is 1. The van der Waals surface area contributed by atoms with Crippen molar-refractivity contribution in [3.05, 3.63) is 0 Å². The molecule has 5 nitrogen and oxygen atoms in total. The van der Waals surface area contributed by atoms with Gasteiger partial charge in [0.1, 0.15) is 0 Å². The molecule has 0 atom stereocenters. The molecule has 0 radical (unpaired) electrons. The first-order valence-electron chi connectivity index (χ1n) is 6.48. The molecule has 0 aliphatic heterocycles. The van der Waals surface area contributed by atoms with E-state index in [1.165, 1.54) is 25.5 Å². The number of hydrogen-bond donors (Lipinski definition) is 2. The second kappa shape index (κ2) is 5.91. The lowest BCUT2D eigenvalue weighted by Crippen LogP contribution is -2.42. The minimum atomic E-state index is -3.12. The van der Waals surface area contributed by atoms with Gasteiger partial charge >= 0.3 is 0 Å². The van der Waals surface area contributed by atoms with Crippen molar-refractivity contribution >= 4 is 15.8 Å². The Hall–Kier alpha value is -0.780. The molecule has 0 saturated heterocycles. The summed E-state index contributed by atoms with van der Waals surface area (Å²) < 4.78 is 22.2. The Kier molecular flexibility index (Phi) is 5.01. The van der Waals surface area contributed by atoms with E-state index in [0.29, 0.717) is 12.0 Å². The van der Waals surface area contributed by atoms with Crippen LogP contribution in [-0.2, 0) is 9.84 Å². The maximum Gasteiger partial charge on any atom is 0.188 e. The summed E-state index contributed by atoms with van der Waals surface area (Å²) in [6.07, 6.45) is 7.19. The Morgan fingerprint density at radius 1 is 1.33 bits per heavy atom. The van der Waals surface area contributed by atoms with E-state index in [2.05, 4.69) is 10.3 Å². The summed E-state index contributed by atoms with van der Waals surface area (Å²) in [5, 5.41) is 3.18. The fraction of sp³-hybridized carbons (Fsp3) is 0.917. The smallest absolute Gasteiger partial charge is 0.188 e. The molecule has 0 spiro atoms. The zero-order chi connectivity index (χ0) is 13.8. The molecule has 106 valence electrons. The van der Waals surface area contributed by atoms with Gasteiger partial charge in [0.15, 0.2) is 15.8 Å². The topological polar surface area (TPSA) is 84.5 Å². The molecule has 0 amide bonds. The Balaban J connectivity index is 2.51. The lowest BCUT2D eigenvalue weighted by Gasteiger charge is -2.24. The van der Waals surface area contributed by atoms with Gasteiger partial charge in [0.25, 0.3) is 0 Å². The predicted octanol–water partition coefficient (Wildman–Crippen LogP) is 1.05. The van der Waals surface area contributed by atoms with E-state index in [9.17, 15) is 8.42 Å². The van der Waals surface area contributed by atoms with Gasteiger partial charge in [-0.15, -0.1) is 0 Å². The summed E-state index contributed by atoms with van der Waals surface area (Å²) in [7, 11) is -3.12. The highest BCUT2D eigenvalue weighted by Gasteiger charge is 2.29. The Morgan fingerprint density at radius 3 is 2.39 bits per heavy atom. The van der Waals surface area contributed by atoms with Crippen LogP contribution in [0.4, 0.5) is 0 Å². The second-order valence-electron chi connectivity index (χ2n) is 5.71. The van der Waals surface area contributed by atoms with Crippen molar-refractivity contribution in [2.45, 2.75) is 56.7 Å². The molecule has 6 heteroatoms. The van der Waals surface area contributed by atoms with Gasteiger partial charge in [-0.25, -0.2) is 8.42 Å². The molecule has 0 heterocycles. The molecule has 3 N–H and O–H groups in total. The van der Waals surface area contributed by atoms with Crippen LogP contribution in [0.25, 0.3) is 0 Å². The minimum Gasteiger partial charge on any atom is -0.370 e. The molecule has 0 aromatic rings. The van der Waals surface area contributed by atoms with E-state index in [-0.39, 0.29) is 6.54 Å². The summed E-state index contributed by atoms with van der Waals surface area (Å²) in [5.74, 6) is 0.360. The van der Waals surface area contributed by atoms with Crippen LogP contribution < -0.4 is 11.1 Å². The maximum atomic E-state index is 11.5. The first kappa shape index (κ1) is 15.3. The Morgan fingerprint density at radius 2 is 1.89 bits per heavy atom. The maximum absolute atomic E-state index is 11.5. The monoisotopic (exact) mass is 275 g/mol. The van der Waals surface area contributed by atoms with Gasteiger partial charge in [0.05, 0.1) is 11.3 Å². The molecule has 1 saturated carbocycles. The normalized spacial score (nSPS) is 19.8. The number of nitrogens with two attached hydrogens (primary N) is 1. The van der Waals surface area contributed by atoms with Crippen LogP contribution in [-0.4, -0.2) is 38.0 Å².